The lowest BCUT2D eigenvalue weighted by Crippen LogP contribution is -2.19. The highest BCUT2D eigenvalue weighted by molar-refractivity contribution is 5.88. The lowest BCUT2D eigenvalue weighted by Gasteiger charge is -2.11. The Hall–Kier alpha value is -2.90. The van der Waals surface area contributed by atoms with Crippen molar-refractivity contribution in [3.05, 3.63) is 60.2 Å². The molecule has 0 bridgehead atoms. The summed E-state index contributed by atoms with van der Waals surface area (Å²) in [5.41, 5.74) is 1.44. The third kappa shape index (κ3) is 4.59. The third-order valence-corrected chi connectivity index (χ3v) is 3.64. The van der Waals surface area contributed by atoms with Crippen molar-refractivity contribution in [2.24, 2.45) is 0 Å². The van der Waals surface area contributed by atoms with E-state index in [-0.39, 0.29) is 0 Å². The molecule has 26 heavy (non-hydrogen) atoms. The van der Waals surface area contributed by atoms with Crippen molar-refractivity contribution in [2.75, 3.05) is 18.5 Å². The molecule has 0 saturated carbocycles. The monoisotopic (exact) mass is 365 g/mol. The Morgan fingerprint density at radius 3 is 2.62 bits per heavy atom. The zero-order valence-corrected chi connectivity index (χ0v) is 13.6. The van der Waals surface area contributed by atoms with Crippen molar-refractivity contribution < 1.29 is 22.3 Å². The molecule has 0 aliphatic rings. The maximum Gasteiger partial charge on any atom is 0.422 e. The summed E-state index contributed by atoms with van der Waals surface area (Å²) in [6, 6.07) is 11.4. The number of benzene rings is 2. The van der Waals surface area contributed by atoms with Crippen molar-refractivity contribution in [1.29, 1.82) is 0 Å². The van der Waals surface area contributed by atoms with Gasteiger partial charge in [-0.2, -0.15) is 13.2 Å². The Morgan fingerprint density at radius 1 is 1.04 bits per heavy atom. The van der Waals surface area contributed by atoms with Crippen LogP contribution < -0.4 is 10.1 Å². The van der Waals surface area contributed by atoms with Crippen LogP contribution in [-0.4, -0.2) is 29.3 Å². The van der Waals surface area contributed by atoms with Gasteiger partial charge in [-0.25, -0.2) is 14.4 Å². The average molecular weight is 365 g/mol. The van der Waals surface area contributed by atoms with Gasteiger partial charge in [-0.1, -0.05) is 18.2 Å². The SMILES string of the molecule is Fc1cc(CCNc2ncnc3ccccc23)ccc1OCC(F)(F)F. The van der Waals surface area contributed by atoms with E-state index in [2.05, 4.69) is 20.0 Å². The number of rotatable bonds is 6. The molecule has 1 aromatic heterocycles. The molecule has 0 aliphatic heterocycles. The molecular weight excluding hydrogens is 350 g/mol. The standard InChI is InChI=1S/C18H15F4N3O/c19-14-9-12(5-6-16(14)26-10-18(20,21)22)7-8-23-17-13-3-1-2-4-15(13)24-11-25-17/h1-6,9,11H,7-8,10H2,(H,23,24,25). The molecule has 1 heterocycles. The number of hydrogen-bond acceptors (Lipinski definition) is 4. The summed E-state index contributed by atoms with van der Waals surface area (Å²) in [6.07, 6.45) is -2.58. The van der Waals surface area contributed by atoms with Gasteiger partial charge in [-0.05, 0) is 36.2 Å². The summed E-state index contributed by atoms with van der Waals surface area (Å²) in [7, 11) is 0. The van der Waals surface area contributed by atoms with Gasteiger partial charge in [0.1, 0.15) is 12.1 Å². The van der Waals surface area contributed by atoms with Gasteiger partial charge in [0.2, 0.25) is 0 Å². The predicted molar refractivity (Wildman–Crippen MR) is 89.7 cm³/mol. The predicted octanol–water partition coefficient (Wildman–Crippen LogP) is 4.36. The molecule has 0 unspecified atom stereocenters. The largest absolute Gasteiger partial charge is 0.481 e. The highest BCUT2D eigenvalue weighted by atomic mass is 19.4. The first-order valence-corrected chi connectivity index (χ1v) is 7.84. The molecule has 0 fully saturated rings. The summed E-state index contributed by atoms with van der Waals surface area (Å²) >= 11 is 0. The highest BCUT2D eigenvalue weighted by Crippen LogP contribution is 2.23. The van der Waals surface area contributed by atoms with Crippen LogP contribution in [0, 0.1) is 5.82 Å². The van der Waals surface area contributed by atoms with E-state index in [0.717, 1.165) is 10.9 Å². The number of ether oxygens (including phenoxy) is 1. The smallest absolute Gasteiger partial charge is 0.422 e. The van der Waals surface area contributed by atoms with Crippen LogP contribution in [-0.2, 0) is 6.42 Å². The molecule has 0 atom stereocenters. The summed E-state index contributed by atoms with van der Waals surface area (Å²) < 4.78 is 54.7. The van der Waals surface area contributed by atoms with E-state index in [9.17, 15) is 17.6 Å². The van der Waals surface area contributed by atoms with E-state index in [1.54, 1.807) is 0 Å². The van der Waals surface area contributed by atoms with Crippen molar-refractivity contribution in [3.8, 4) is 5.75 Å². The maximum absolute atomic E-state index is 13.9. The number of hydrogen-bond donors (Lipinski definition) is 1. The van der Waals surface area contributed by atoms with Crippen LogP contribution in [0.4, 0.5) is 23.4 Å². The second kappa shape index (κ2) is 7.55. The number of nitrogens with one attached hydrogen (secondary N) is 1. The molecule has 0 spiro atoms. The first-order valence-electron chi connectivity index (χ1n) is 7.84. The lowest BCUT2D eigenvalue weighted by molar-refractivity contribution is -0.153. The number of halogens is 4. The number of aromatic nitrogens is 2. The zero-order valence-electron chi connectivity index (χ0n) is 13.6. The Labute approximate surface area is 146 Å². The second-order valence-corrected chi connectivity index (χ2v) is 5.58. The van der Waals surface area contributed by atoms with E-state index < -0.39 is 24.3 Å². The van der Waals surface area contributed by atoms with Gasteiger partial charge in [0.15, 0.2) is 18.2 Å². The average Bonchev–Trinajstić information content (AvgIpc) is 2.60. The van der Waals surface area contributed by atoms with Crippen LogP contribution in [0.15, 0.2) is 48.8 Å². The fourth-order valence-electron chi connectivity index (χ4n) is 2.45. The fraction of sp³-hybridized carbons (Fsp3) is 0.222. The topological polar surface area (TPSA) is 47.0 Å². The normalized spacial score (nSPS) is 11.5. The van der Waals surface area contributed by atoms with Gasteiger partial charge in [-0.3, -0.25) is 0 Å². The van der Waals surface area contributed by atoms with E-state index in [4.69, 9.17) is 0 Å². The molecule has 136 valence electrons. The Kier molecular flexibility index (Phi) is 5.20. The van der Waals surface area contributed by atoms with Crippen LogP contribution in [0.2, 0.25) is 0 Å². The summed E-state index contributed by atoms with van der Waals surface area (Å²) in [5, 5.41) is 4.03. The molecular formula is C18H15F4N3O. The van der Waals surface area contributed by atoms with Crippen LogP contribution in [0.3, 0.4) is 0 Å². The van der Waals surface area contributed by atoms with Crippen molar-refractivity contribution in [1.82, 2.24) is 9.97 Å². The molecule has 3 aromatic rings. The van der Waals surface area contributed by atoms with Crippen molar-refractivity contribution >= 4 is 16.7 Å². The van der Waals surface area contributed by atoms with E-state index in [1.165, 1.54) is 24.5 Å². The highest BCUT2D eigenvalue weighted by Gasteiger charge is 2.28. The quantitative estimate of drug-likeness (QED) is 0.659. The van der Waals surface area contributed by atoms with Gasteiger partial charge < -0.3 is 10.1 Å². The van der Waals surface area contributed by atoms with Gasteiger partial charge >= 0.3 is 6.18 Å². The molecule has 3 rings (SSSR count). The second-order valence-electron chi connectivity index (χ2n) is 5.58. The van der Waals surface area contributed by atoms with Crippen LogP contribution in [0.25, 0.3) is 10.9 Å². The zero-order chi connectivity index (χ0) is 18.6. The minimum absolute atomic E-state index is 0.416. The Morgan fingerprint density at radius 2 is 1.85 bits per heavy atom. The van der Waals surface area contributed by atoms with Crippen molar-refractivity contribution in [3.63, 3.8) is 0 Å². The van der Waals surface area contributed by atoms with E-state index in [1.807, 2.05) is 24.3 Å². The van der Waals surface area contributed by atoms with Gasteiger partial charge in [0, 0.05) is 11.9 Å². The molecule has 0 saturated heterocycles. The Balaban J connectivity index is 1.60. The lowest BCUT2D eigenvalue weighted by atomic mass is 10.1. The number of fused-ring (bicyclic) bond motifs is 1. The minimum Gasteiger partial charge on any atom is -0.481 e. The molecule has 1 N–H and O–H groups in total. The molecule has 2 aromatic carbocycles. The van der Waals surface area contributed by atoms with Gasteiger partial charge in [0.05, 0.1) is 5.52 Å². The maximum atomic E-state index is 13.9. The van der Waals surface area contributed by atoms with Gasteiger partial charge in [-0.15, -0.1) is 0 Å². The molecule has 0 amide bonds. The van der Waals surface area contributed by atoms with Crippen LogP contribution >= 0.6 is 0 Å². The van der Waals surface area contributed by atoms with Crippen LogP contribution in [0.5, 0.6) is 5.75 Å². The van der Waals surface area contributed by atoms with E-state index >= 15 is 0 Å². The molecule has 0 aliphatic carbocycles. The Bertz CT molecular complexity index is 894. The number of alkyl halides is 3. The molecule has 4 nitrogen and oxygen atoms in total. The number of anilines is 1. The first kappa shape index (κ1) is 17.9. The van der Waals surface area contributed by atoms with Crippen LogP contribution in [0.1, 0.15) is 5.56 Å². The summed E-state index contributed by atoms with van der Waals surface area (Å²) in [5.74, 6) is -0.568. The molecule has 0 radical (unpaired) electrons. The fourth-order valence-corrected chi connectivity index (χ4v) is 2.45. The van der Waals surface area contributed by atoms with Crippen molar-refractivity contribution in [2.45, 2.75) is 12.6 Å². The number of nitrogens with zero attached hydrogens (tertiary/aromatic N) is 2. The van der Waals surface area contributed by atoms with E-state index in [0.29, 0.717) is 24.3 Å². The number of para-hydroxylation sites is 1. The summed E-state index contributed by atoms with van der Waals surface area (Å²) in [6.45, 7) is -1.05. The summed E-state index contributed by atoms with van der Waals surface area (Å²) in [4.78, 5) is 8.36. The molecule has 8 heteroatoms. The minimum atomic E-state index is -4.50. The van der Waals surface area contributed by atoms with Gasteiger partial charge in [0.25, 0.3) is 0 Å². The first-order chi connectivity index (χ1) is 12.4. The third-order valence-electron chi connectivity index (χ3n) is 3.64.